The van der Waals surface area contributed by atoms with Gasteiger partial charge in [0, 0.05) is 24.1 Å². The van der Waals surface area contributed by atoms with Gasteiger partial charge in [0.2, 0.25) is 5.95 Å². The van der Waals surface area contributed by atoms with E-state index >= 15 is 0 Å². The fraction of sp³-hybridized carbons (Fsp3) is 0.227. The van der Waals surface area contributed by atoms with Crippen LogP contribution in [0.25, 0.3) is 5.78 Å². The second-order valence-corrected chi connectivity index (χ2v) is 6.75. The van der Waals surface area contributed by atoms with Crippen molar-refractivity contribution < 1.29 is 4.74 Å². The van der Waals surface area contributed by atoms with Crippen molar-refractivity contribution in [3.63, 3.8) is 0 Å². The molecule has 7 nitrogen and oxygen atoms in total. The number of aromatic nitrogens is 4. The molecule has 4 aromatic rings. The van der Waals surface area contributed by atoms with Crippen LogP contribution < -0.4 is 15.6 Å². The number of nitrogens with zero attached hydrogens (tertiary/aromatic N) is 3. The predicted molar refractivity (Wildman–Crippen MR) is 113 cm³/mol. The topological polar surface area (TPSA) is 84.3 Å². The summed E-state index contributed by atoms with van der Waals surface area (Å²) in [6, 6.07) is 17.7. The number of para-hydroxylation sites is 1. The van der Waals surface area contributed by atoms with Gasteiger partial charge in [-0.2, -0.15) is 9.50 Å². The van der Waals surface area contributed by atoms with Crippen LogP contribution in [0.4, 0.5) is 5.95 Å². The first kappa shape index (κ1) is 18.7. The first-order chi connectivity index (χ1) is 14.2. The summed E-state index contributed by atoms with van der Waals surface area (Å²) in [4.78, 5) is 21.9. The number of H-pyrrole nitrogens is 1. The number of hydrogen-bond donors (Lipinski definition) is 2. The third kappa shape index (κ3) is 3.99. The van der Waals surface area contributed by atoms with E-state index in [9.17, 15) is 4.79 Å². The first-order valence-corrected chi connectivity index (χ1v) is 9.62. The van der Waals surface area contributed by atoms with Crippen LogP contribution in [0, 0.1) is 6.92 Å². The lowest BCUT2D eigenvalue weighted by Gasteiger charge is -2.09. The number of hydrogen-bond acceptors (Lipinski definition) is 5. The number of nitrogens with one attached hydrogen (secondary N) is 2. The number of rotatable bonds is 7. The Bertz CT molecular complexity index is 1180. The van der Waals surface area contributed by atoms with Crippen molar-refractivity contribution in [3.05, 3.63) is 87.3 Å². The number of aryl methyl sites for hydroxylation is 1. The predicted octanol–water partition coefficient (Wildman–Crippen LogP) is 3.33. The molecule has 0 aliphatic rings. The Hall–Kier alpha value is -3.61. The zero-order valence-electron chi connectivity index (χ0n) is 16.5. The van der Waals surface area contributed by atoms with Gasteiger partial charge in [-0.25, -0.2) is 4.98 Å². The average molecular weight is 389 g/mol. The maximum atomic E-state index is 13.0. The molecular formula is C22H23N5O2. The van der Waals surface area contributed by atoms with Crippen LogP contribution in [-0.4, -0.2) is 26.2 Å². The van der Waals surface area contributed by atoms with Crippen molar-refractivity contribution in [2.45, 2.75) is 26.8 Å². The molecular weight excluding hydrogens is 366 g/mol. The molecule has 29 heavy (non-hydrogen) atoms. The van der Waals surface area contributed by atoms with Gasteiger partial charge in [-0.3, -0.25) is 9.89 Å². The molecule has 0 bridgehead atoms. The summed E-state index contributed by atoms with van der Waals surface area (Å²) in [5, 5.41) is 6.24. The fourth-order valence-corrected chi connectivity index (χ4v) is 3.26. The van der Waals surface area contributed by atoms with Gasteiger partial charge in [-0.1, -0.05) is 48.5 Å². The fourth-order valence-electron chi connectivity index (χ4n) is 3.26. The molecule has 2 N–H and O–H groups in total. The van der Waals surface area contributed by atoms with Crippen molar-refractivity contribution in [3.8, 4) is 5.75 Å². The van der Waals surface area contributed by atoms with E-state index in [1.165, 1.54) is 4.52 Å². The summed E-state index contributed by atoms with van der Waals surface area (Å²) in [6.07, 6.45) is 0.533. The van der Waals surface area contributed by atoms with Gasteiger partial charge in [0.1, 0.15) is 5.75 Å². The number of ether oxygens (including phenoxy) is 1. The highest BCUT2D eigenvalue weighted by Crippen LogP contribution is 2.19. The summed E-state index contributed by atoms with van der Waals surface area (Å²) in [5.74, 6) is 1.66. The maximum Gasteiger partial charge on any atom is 0.277 e. The molecule has 0 aliphatic heterocycles. The molecule has 7 heteroatoms. The molecule has 0 atom stereocenters. The van der Waals surface area contributed by atoms with Gasteiger partial charge in [-0.05, 0) is 25.5 Å². The lowest BCUT2D eigenvalue weighted by molar-refractivity contribution is 0.337. The van der Waals surface area contributed by atoms with E-state index in [0.29, 0.717) is 42.6 Å². The normalized spacial score (nSPS) is 11.0. The van der Waals surface area contributed by atoms with Crippen LogP contribution >= 0.6 is 0 Å². The Kier molecular flexibility index (Phi) is 5.29. The molecule has 0 radical (unpaired) electrons. The quantitative estimate of drug-likeness (QED) is 0.506. The van der Waals surface area contributed by atoms with Crippen LogP contribution in [0.15, 0.2) is 59.4 Å². The Labute approximate surface area is 168 Å². The minimum absolute atomic E-state index is 0.133. The SMILES string of the molecule is CCOc1ccccc1CNc1nc2nc(C)c(Cc3ccccc3)c(=O)n2[nH]1. The Morgan fingerprint density at radius 2 is 1.83 bits per heavy atom. The third-order valence-electron chi connectivity index (χ3n) is 4.74. The maximum absolute atomic E-state index is 13.0. The largest absolute Gasteiger partial charge is 0.494 e. The summed E-state index contributed by atoms with van der Waals surface area (Å²) >= 11 is 0. The van der Waals surface area contributed by atoms with Gasteiger partial charge in [0.25, 0.3) is 11.3 Å². The minimum atomic E-state index is -0.133. The van der Waals surface area contributed by atoms with Gasteiger partial charge in [-0.15, -0.1) is 0 Å². The highest BCUT2D eigenvalue weighted by Gasteiger charge is 2.14. The number of fused-ring (bicyclic) bond motifs is 1. The zero-order chi connectivity index (χ0) is 20.2. The van der Waals surface area contributed by atoms with Crippen LogP contribution in [-0.2, 0) is 13.0 Å². The number of aromatic amines is 1. The van der Waals surface area contributed by atoms with Crippen LogP contribution in [0.2, 0.25) is 0 Å². The molecule has 0 spiro atoms. The molecule has 2 heterocycles. The van der Waals surface area contributed by atoms with Crippen LogP contribution in [0.1, 0.15) is 29.3 Å². The van der Waals surface area contributed by atoms with Crippen molar-refractivity contribution in [2.24, 2.45) is 0 Å². The Morgan fingerprint density at radius 3 is 2.62 bits per heavy atom. The summed E-state index contributed by atoms with van der Waals surface area (Å²) < 4.78 is 7.04. The van der Waals surface area contributed by atoms with E-state index in [0.717, 1.165) is 16.9 Å². The second kappa shape index (κ2) is 8.18. The van der Waals surface area contributed by atoms with Gasteiger partial charge >= 0.3 is 0 Å². The number of benzene rings is 2. The molecule has 148 valence electrons. The Morgan fingerprint density at radius 1 is 1.07 bits per heavy atom. The summed E-state index contributed by atoms with van der Waals surface area (Å²) in [7, 11) is 0. The lowest BCUT2D eigenvalue weighted by Crippen LogP contribution is -2.22. The van der Waals surface area contributed by atoms with Gasteiger partial charge in [0.15, 0.2) is 0 Å². The van der Waals surface area contributed by atoms with Crippen molar-refractivity contribution in [2.75, 3.05) is 11.9 Å². The van der Waals surface area contributed by atoms with E-state index in [1.54, 1.807) is 0 Å². The van der Waals surface area contributed by atoms with Crippen molar-refractivity contribution >= 4 is 11.7 Å². The summed E-state index contributed by atoms with van der Waals surface area (Å²) in [6.45, 7) is 4.92. The van der Waals surface area contributed by atoms with Crippen LogP contribution in [0.3, 0.4) is 0 Å². The molecule has 2 aromatic heterocycles. The van der Waals surface area contributed by atoms with E-state index < -0.39 is 0 Å². The first-order valence-electron chi connectivity index (χ1n) is 9.62. The molecule has 0 fully saturated rings. The highest BCUT2D eigenvalue weighted by molar-refractivity contribution is 5.42. The Balaban J connectivity index is 1.60. The van der Waals surface area contributed by atoms with Crippen LogP contribution in [0.5, 0.6) is 5.75 Å². The third-order valence-corrected chi connectivity index (χ3v) is 4.74. The molecule has 0 amide bonds. The van der Waals surface area contributed by atoms with Crippen molar-refractivity contribution in [1.82, 2.24) is 19.6 Å². The highest BCUT2D eigenvalue weighted by atomic mass is 16.5. The standard InChI is InChI=1S/C22H23N5O2/c1-3-29-19-12-8-7-11-17(19)14-23-21-25-22-24-15(2)18(20(28)27(22)26-21)13-16-9-5-4-6-10-16/h4-12H,3,13-14H2,1-2H3,(H2,23,24,25,26). The lowest BCUT2D eigenvalue weighted by atomic mass is 10.1. The minimum Gasteiger partial charge on any atom is -0.494 e. The van der Waals surface area contributed by atoms with E-state index in [4.69, 9.17) is 4.74 Å². The molecule has 0 aliphatic carbocycles. The van der Waals surface area contributed by atoms with Gasteiger partial charge in [0.05, 0.1) is 12.3 Å². The van der Waals surface area contributed by atoms with E-state index in [1.807, 2.05) is 68.4 Å². The second-order valence-electron chi connectivity index (χ2n) is 6.75. The molecule has 0 saturated heterocycles. The van der Waals surface area contributed by atoms with Crippen molar-refractivity contribution in [1.29, 1.82) is 0 Å². The molecule has 0 saturated carbocycles. The smallest absolute Gasteiger partial charge is 0.277 e. The summed E-state index contributed by atoms with van der Waals surface area (Å²) in [5.41, 5.74) is 3.30. The van der Waals surface area contributed by atoms with E-state index in [-0.39, 0.29) is 5.56 Å². The molecule has 4 rings (SSSR count). The molecule has 0 unspecified atom stereocenters. The van der Waals surface area contributed by atoms with Gasteiger partial charge < -0.3 is 10.1 Å². The number of anilines is 1. The monoisotopic (exact) mass is 389 g/mol. The van der Waals surface area contributed by atoms with E-state index in [2.05, 4.69) is 20.4 Å². The molecule has 2 aromatic carbocycles. The average Bonchev–Trinajstić information content (AvgIpc) is 3.14. The zero-order valence-corrected chi connectivity index (χ0v) is 16.5.